The SMILES string of the molecule is O=C1S/C(=C\c2ccc(OS(=O)(=O)c3ccc(Cl)cc3)c(Br)c2)C(=O)N1Cc1c(F)cccc1Cl. The molecule has 35 heavy (non-hydrogen) atoms. The van der Waals surface area contributed by atoms with Crippen molar-refractivity contribution in [3.63, 3.8) is 0 Å². The lowest BCUT2D eigenvalue weighted by Crippen LogP contribution is -2.28. The van der Waals surface area contributed by atoms with Crippen LogP contribution in [0.15, 0.2) is 74.9 Å². The second-order valence-electron chi connectivity index (χ2n) is 7.15. The maximum absolute atomic E-state index is 14.1. The number of hydrogen-bond donors (Lipinski definition) is 0. The van der Waals surface area contributed by atoms with Gasteiger partial charge in [-0.2, -0.15) is 8.42 Å². The van der Waals surface area contributed by atoms with E-state index in [1.54, 1.807) is 0 Å². The van der Waals surface area contributed by atoms with E-state index in [0.717, 1.165) is 4.90 Å². The van der Waals surface area contributed by atoms with Gasteiger partial charge in [0, 0.05) is 15.6 Å². The van der Waals surface area contributed by atoms with Gasteiger partial charge in [0.2, 0.25) is 0 Å². The van der Waals surface area contributed by atoms with E-state index >= 15 is 0 Å². The molecule has 0 spiro atoms. The summed E-state index contributed by atoms with van der Waals surface area (Å²) in [5.74, 6) is -1.19. The molecule has 12 heteroatoms. The van der Waals surface area contributed by atoms with Gasteiger partial charge >= 0.3 is 10.1 Å². The molecule has 4 rings (SSSR count). The van der Waals surface area contributed by atoms with Crippen molar-refractivity contribution in [2.45, 2.75) is 11.4 Å². The summed E-state index contributed by atoms with van der Waals surface area (Å²) in [6.45, 7) is -0.299. The van der Waals surface area contributed by atoms with Crippen molar-refractivity contribution < 1.29 is 26.6 Å². The highest BCUT2D eigenvalue weighted by Crippen LogP contribution is 2.36. The highest BCUT2D eigenvalue weighted by atomic mass is 79.9. The molecule has 180 valence electrons. The van der Waals surface area contributed by atoms with Crippen molar-refractivity contribution in [3.05, 3.63) is 97.0 Å². The van der Waals surface area contributed by atoms with Crippen LogP contribution < -0.4 is 4.18 Å². The third-order valence-electron chi connectivity index (χ3n) is 4.81. The Kier molecular flexibility index (Phi) is 7.58. The van der Waals surface area contributed by atoms with Gasteiger partial charge in [-0.3, -0.25) is 14.5 Å². The third kappa shape index (κ3) is 5.73. The number of nitrogens with zero attached hydrogens (tertiary/aromatic N) is 1. The highest BCUT2D eigenvalue weighted by Gasteiger charge is 2.36. The van der Waals surface area contributed by atoms with Gasteiger partial charge in [-0.15, -0.1) is 0 Å². The van der Waals surface area contributed by atoms with E-state index in [9.17, 15) is 22.4 Å². The fourth-order valence-electron chi connectivity index (χ4n) is 3.07. The summed E-state index contributed by atoms with van der Waals surface area (Å²) >= 11 is 15.8. The molecule has 0 N–H and O–H groups in total. The molecule has 1 fully saturated rings. The topological polar surface area (TPSA) is 80.8 Å². The number of rotatable bonds is 6. The Balaban J connectivity index is 1.53. The first-order chi connectivity index (χ1) is 16.5. The molecule has 0 saturated carbocycles. The molecule has 1 aliphatic heterocycles. The van der Waals surface area contributed by atoms with Crippen molar-refractivity contribution in [2.24, 2.45) is 0 Å². The molecule has 0 unspecified atom stereocenters. The monoisotopic (exact) mass is 615 g/mol. The van der Waals surface area contributed by atoms with Crippen molar-refractivity contribution in [1.29, 1.82) is 0 Å². The number of thioether (sulfide) groups is 1. The Labute approximate surface area is 222 Å². The minimum atomic E-state index is -4.10. The zero-order valence-electron chi connectivity index (χ0n) is 17.4. The standard InChI is InChI=1S/C23H13BrCl2FNO5S2/c24-17-10-13(4-9-20(17)33-35(31,32)15-7-5-14(25)6-8-15)11-21-22(29)28(23(30)34-21)12-16-18(26)2-1-3-19(16)27/h1-11H,12H2/b21-11-. The van der Waals surface area contributed by atoms with Crippen LogP contribution in [0.25, 0.3) is 6.08 Å². The maximum atomic E-state index is 14.1. The summed E-state index contributed by atoms with van der Waals surface area (Å²) in [6, 6.07) is 14.1. The van der Waals surface area contributed by atoms with Crippen LogP contribution in [0.1, 0.15) is 11.1 Å². The van der Waals surface area contributed by atoms with Gasteiger partial charge in [-0.1, -0.05) is 35.3 Å². The molecule has 1 aliphatic rings. The van der Waals surface area contributed by atoms with Gasteiger partial charge < -0.3 is 4.18 Å². The molecule has 1 saturated heterocycles. The molecule has 0 aliphatic carbocycles. The largest absolute Gasteiger partial charge is 0.378 e. The van der Waals surface area contributed by atoms with Gasteiger partial charge in [-0.25, -0.2) is 4.39 Å². The van der Waals surface area contributed by atoms with E-state index in [1.165, 1.54) is 66.7 Å². The first-order valence-electron chi connectivity index (χ1n) is 9.73. The van der Waals surface area contributed by atoms with E-state index in [-0.39, 0.29) is 32.7 Å². The summed E-state index contributed by atoms with van der Waals surface area (Å²) in [6.07, 6.45) is 1.47. The van der Waals surface area contributed by atoms with Crippen LogP contribution in [-0.4, -0.2) is 24.5 Å². The summed E-state index contributed by atoms with van der Waals surface area (Å²) in [5.41, 5.74) is 0.548. The number of benzene rings is 3. The lowest BCUT2D eigenvalue weighted by Gasteiger charge is -2.14. The Hall–Kier alpha value is -2.37. The molecule has 0 atom stereocenters. The molecular weight excluding hydrogens is 604 g/mol. The minimum Gasteiger partial charge on any atom is -0.378 e. The maximum Gasteiger partial charge on any atom is 0.339 e. The average Bonchev–Trinajstić information content (AvgIpc) is 3.05. The summed E-state index contributed by atoms with van der Waals surface area (Å²) in [5, 5.41) is -0.0642. The highest BCUT2D eigenvalue weighted by molar-refractivity contribution is 9.10. The van der Waals surface area contributed by atoms with Crippen LogP contribution >= 0.6 is 50.9 Å². The fourth-order valence-corrected chi connectivity index (χ4v) is 5.79. The quantitative estimate of drug-likeness (QED) is 0.221. The number of carbonyl (C=O) groups excluding carboxylic acids is 2. The van der Waals surface area contributed by atoms with E-state index < -0.39 is 27.1 Å². The first-order valence-corrected chi connectivity index (χ1v) is 13.5. The first kappa shape index (κ1) is 25.7. The molecule has 1 heterocycles. The Morgan fingerprint density at radius 3 is 2.43 bits per heavy atom. The van der Waals surface area contributed by atoms with Crippen LogP contribution in [0.3, 0.4) is 0 Å². The van der Waals surface area contributed by atoms with E-state index in [1.807, 2.05) is 0 Å². The summed E-state index contributed by atoms with van der Waals surface area (Å²) in [7, 11) is -4.10. The number of amides is 2. The molecule has 0 aromatic heterocycles. The summed E-state index contributed by atoms with van der Waals surface area (Å²) in [4.78, 5) is 26.2. The van der Waals surface area contributed by atoms with Crippen LogP contribution in [0.4, 0.5) is 9.18 Å². The number of imide groups is 1. The van der Waals surface area contributed by atoms with Crippen molar-refractivity contribution in [3.8, 4) is 5.75 Å². The molecule has 0 bridgehead atoms. The Morgan fingerprint density at radius 1 is 1.06 bits per heavy atom. The number of carbonyl (C=O) groups is 2. The average molecular weight is 617 g/mol. The van der Waals surface area contributed by atoms with Gasteiger partial charge in [0.1, 0.15) is 10.7 Å². The van der Waals surface area contributed by atoms with Gasteiger partial charge in [0.25, 0.3) is 11.1 Å². The lowest BCUT2D eigenvalue weighted by atomic mass is 10.2. The van der Waals surface area contributed by atoms with Crippen LogP contribution in [0.5, 0.6) is 5.75 Å². The normalized spacial score (nSPS) is 15.2. The molecule has 6 nitrogen and oxygen atoms in total. The Bertz CT molecular complexity index is 1460. The van der Waals surface area contributed by atoms with Crippen molar-refractivity contribution in [1.82, 2.24) is 4.90 Å². The molecule has 2 amide bonds. The van der Waals surface area contributed by atoms with Gasteiger partial charge in [0.05, 0.1) is 15.9 Å². The second-order valence-corrected chi connectivity index (χ2v) is 11.4. The van der Waals surface area contributed by atoms with Crippen molar-refractivity contribution in [2.75, 3.05) is 0 Å². The predicted molar refractivity (Wildman–Crippen MR) is 136 cm³/mol. The molecule has 3 aromatic rings. The van der Waals surface area contributed by atoms with E-state index in [2.05, 4.69) is 15.9 Å². The van der Waals surface area contributed by atoms with Crippen LogP contribution in [0.2, 0.25) is 10.0 Å². The molecular formula is C23H13BrCl2FNO5S2. The van der Waals surface area contributed by atoms with E-state index in [0.29, 0.717) is 26.8 Å². The van der Waals surface area contributed by atoms with Gasteiger partial charge in [0.15, 0.2) is 5.75 Å². The summed E-state index contributed by atoms with van der Waals surface area (Å²) < 4.78 is 44.7. The van der Waals surface area contributed by atoms with Crippen LogP contribution in [0, 0.1) is 5.82 Å². The van der Waals surface area contributed by atoms with Crippen LogP contribution in [-0.2, 0) is 21.5 Å². The lowest BCUT2D eigenvalue weighted by molar-refractivity contribution is -0.123. The Morgan fingerprint density at radius 2 is 1.77 bits per heavy atom. The molecule has 3 aromatic carbocycles. The zero-order valence-corrected chi connectivity index (χ0v) is 22.1. The van der Waals surface area contributed by atoms with Crippen molar-refractivity contribution >= 4 is 78.2 Å². The zero-order chi connectivity index (χ0) is 25.3. The van der Waals surface area contributed by atoms with Gasteiger partial charge in [-0.05, 0) is 87.9 Å². The smallest absolute Gasteiger partial charge is 0.339 e. The van der Waals surface area contributed by atoms with E-state index in [4.69, 9.17) is 27.4 Å². The number of hydrogen-bond acceptors (Lipinski definition) is 6. The second kappa shape index (κ2) is 10.3. The minimum absolute atomic E-state index is 0.0272. The third-order valence-corrected chi connectivity index (χ3v) is 8.19. The number of halogens is 4. The predicted octanol–water partition coefficient (Wildman–Crippen LogP) is 6.90. The molecule has 0 radical (unpaired) electrons. The fraction of sp³-hybridized carbons (Fsp3) is 0.0435.